The van der Waals surface area contributed by atoms with E-state index in [1.54, 1.807) is 0 Å². The smallest absolute Gasteiger partial charge is 1.00 e. The fourth-order valence-corrected chi connectivity index (χ4v) is 0. The molecule has 0 saturated carbocycles. The number of phosphoric acid groups is 1. The maximum atomic E-state index is 8.88. The Morgan fingerprint density at radius 1 is 1.12 bits per heavy atom. The normalized spacial score (nSPS) is 7.38. The van der Waals surface area contributed by atoms with E-state index < -0.39 is 7.82 Å². The van der Waals surface area contributed by atoms with Crippen molar-refractivity contribution in [1.82, 2.24) is 0 Å². The summed E-state index contributed by atoms with van der Waals surface area (Å²) in [5.41, 5.74) is 0. The van der Waals surface area contributed by atoms with Crippen LogP contribution in [-0.2, 0) is 23.1 Å². The summed E-state index contributed by atoms with van der Waals surface area (Å²) in [7, 11) is -4.64. The first kappa shape index (κ1) is 22.4. The molecule has 8 heteroatoms. The van der Waals surface area contributed by atoms with Crippen LogP contribution in [0.5, 0.6) is 0 Å². The Bertz CT molecular complexity index is 67.4. The van der Waals surface area contributed by atoms with Crippen molar-refractivity contribution in [2.24, 2.45) is 0 Å². The Hall–Kier alpha value is 2.69. The van der Waals surface area contributed by atoms with Gasteiger partial charge in [-0.05, 0) is 0 Å². The van der Waals surface area contributed by atoms with Gasteiger partial charge in [0.05, 0.1) is 0 Å². The van der Waals surface area contributed by atoms with Crippen LogP contribution in [0.2, 0.25) is 0 Å². The number of hydrogen-bond donors (Lipinski definition) is 3. The van der Waals surface area contributed by atoms with Gasteiger partial charge >= 0.3 is 66.9 Å². The molecule has 0 aliphatic rings. The molecule has 0 amide bonds. The molecule has 0 aliphatic heterocycles. The van der Waals surface area contributed by atoms with Gasteiger partial charge in [-0.25, -0.2) is 4.57 Å². The van der Waals surface area contributed by atoms with E-state index in [0.717, 1.165) is 0 Å². The molecule has 0 rings (SSSR count). The first-order valence-corrected chi connectivity index (χ1v) is 2.35. The van der Waals surface area contributed by atoms with Crippen LogP contribution >= 0.6 is 7.82 Å². The second-order valence-electron chi connectivity index (χ2n) is 0.513. The van der Waals surface area contributed by atoms with Gasteiger partial charge in [0.25, 0.3) is 0 Å². The topological polar surface area (TPSA) is 77.8 Å². The van der Waals surface area contributed by atoms with Crippen molar-refractivity contribution in [2.75, 3.05) is 0 Å². The van der Waals surface area contributed by atoms with Gasteiger partial charge in [0, 0.05) is 18.6 Å². The van der Waals surface area contributed by atoms with Crippen LogP contribution in [0.1, 0.15) is 2.85 Å². The van der Waals surface area contributed by atoms with Crippen molar-refractivity contribution in [3.05, 3.63) is 0 Å². The Balaban J connectivity index is -0.00000000800. The minimum Gasteiger partial charge on any atom is -1.00 e. The molecule has 3 N–H and O–H groups in total. The predicted octanol–water partition coefficient (Wildman–Crippen LogP) is -6.70. The van der Waals surface area contributed by atoms with Gasteiger partial charge in [-0.15, -0.1) is 0 Å². The summed E-state index contributed by atoms with van der Waals surface area (Å²) < 4.78 is 8.88. The summed E-state index contributed by atoms with van der Waals surface area (Å²) in [6.45, 7) is 0. The summed E-state index contributed by atoms with van der Waals surface area (Å²) >= 11 is 0. The Morgan fingerprint density at radius 3 is 1.12 bits per heavy atom. The van der Waals surface area contributed by atoms with Gasteiger partial charge in [-0.2, -0.15) is 0 Å². The second-order valence-corrected chi connectivity index (χ2v) is 1.54. The van der Waals surface area contributed by atoms with E-state index >= 15 is 0 Å². The molecule has 0 heterocycles. The molecule has 0 bridgehead atoms. The van der Waals surface area contributed by atoms with E-state index in [0.29, 0.717) is 0 Å². The Labute approximate surface area is 106 Å². The van der Waals surface area contributed by atoms with Crippen LogP contribution in [0, 0.1) is 0 Å². The third-order valence-corrected chi connectivity index (χ3v) is 0. The minimum atomic E-state index is -4.64. The molecular formula is H5Na2O4PV. The molecule has 0 saturated heterocycles. The SMILES string of the molecule is O=P(O)(O)O.[H-].[H-].[Na+].[Na+].[V]. The first-order chi connectivity index (χ1) is 2.00. The molecule has 0 aromatic rings. The molecule has 0 unspecified atom stereocenters. The van der Waals surface area contributed by atoms with Gasteiger partial charge in [0.2, 0.25) is 0 Å². The summed E-state index contributed by atoms with van der Waals surface area (Å²) in [6, 6.07) is 0. The average molecular weight is 197 g/mol. The van der Waals surface area contributed by atoms with Crippen molar-refractivity contribution in [1.29, 1.82) is 0 Å². The van der Waals surface area contributed by atoms with Crippen LogP contribution in [0.3, 0.4) is 0 Å². The molecule has 41 valence electrons. The van der Waals surface area contributed by atoms with E-state index in [-0.39, 0.29) is 80.5 Å². The van der Waals surface area contributed by atoms with Crippen LogP contribution in [0.4, 0.5) is 0 Å². The minimum absolute atomic E-state index is 0. The van der Waals surface area contributed by atoms with Crippen LogP contribution in [0.25, 0.3) is 0 Å². The van der Waals surface area contributed by atoms with Crippen molar-refractivity contribution >= 4 is 7.82 Å². The number of rotatable bonds is 0. The largest absolute Gasteiger partial charge is 1.00 e. The van der Waals surface area contributed by atoms with Gasteiger partial charge in [-0.3, -0.25) is 0 Å². The van der Waals surface area contributed by atoms with E-state index in [9.17, 15) is 0 Å². The molecule has 0 aromatic carbocycles. The molecule has 0 aromatic heterocycles. The Morgan fingerprint density at radius 2 is 1.12 bits per heavy atom. The van der Waals surface area contributed by atoms with Gasteiger partial charge in [-0.1, -0.05) is 0 Å². The van der Waals surface area contributed by atoms with E-state index in [2.05, 4.69) is 0 Å². The summed E-state index contributed by atoms with van der Waals surface area (Å²) in [6.07, 6.45) is 0. The predicted molar refractivity (Wildman–Crippen MR) is 16.5 cm³/mol. The van der Waals surface area contributed by atoms with Gasteiger partial charge in [0.15, 0.2) is 0 Å². The summed E-state index contributed by atoms with van der Waals surface area (Å²) in [4.78, 5) is 21.6. The van der Waals surface area contributed by atoms with E-state index in [4.69, 9.17) is 19.2 Å². The molecular weight excluding hydrogens is 192 g/mol. The number of hydrogen-bond acceptors (Lipinski definition) is 1. The van der Waals surface area contributed by atoms with E-state index in [1.165, 1.54) is 0 Å². The Kier molecular flexibility index (Phi) is 27.2. The van der Waals surface area contributed by atoms with Crippen LogP contribution in [0.15, 0.2) is 0 Å². The monoisotopic (exact) mass is 197 g/mol. The van der Waals surface area contributed by atoms with Gasteiger partial charge < -0.3 is 17.5 Å². The maximum Gasteiger partial charge on any atom is 1.00 e. The molecule has 0 fully saturated rings. The summed E-state index contributed by atoms with van der Waals surface area (Å²) in [5, 5.41) is 0. The molecule has 4 nitrogen and oxygen atoms in total. The second kappa shape index (κ2) is 9.69. The quantitative estimate of drug-likeness (QED) is 0.266. The maximum absolute atomic E-state index is 8.88. The molecule has 1 radical (unpaired) electrons. The molecule has 0 spiro atoms. The fraction of sp³-hybridized carbons (Fsp3) is 0. The zero-order valence-electron chi connectivity index (χ0n) is 6.64. The molecule has 8 heavy (non-hydrogen) atoms. The average Bonchev–Trinajstić information content (AvgIpc) is 0.722. The van der Waals surface area contributed by atoms with Crippen LogP contribution < -0.4 is 59.1 Å². The third-order valence-electron chi connectivity index (χ3n) is 0. The summed E-state index contributed by atoms with van der Waals surface area (Å²) in [5.74, 6) is 0. The van der Waals surface area contributed by atoms with Crippen molar-refractivity contribution in [2.45, 2.75) is 0 Å². The van der Waals surface area contributed by atoms with Crippen molar-refractivity contribution in [3.63, 3.8) is 0 Å². The van der Waals surface area contributed by atoms with E-state index in [1.807, 2.05) is 0 Å². The standard InChI is InChI=1S/2Na.H3O4P.V.2H/c;;1-5(2,3)4;;;/h;;(H3,1,2,3,4);;;/q2*+1;;;2*-1. The zero-order valence-corrected chi connectivity index (χ0v) is 10.9. The molecule has 0 atom stereocenters. The zero-order chi connectivity index (χ0) is 4.50. The van der Waals surface area contributed by atoms with Gasteiger partial charge in [0.1, 0.15) is 0 Å². The third kappa shape index (κ3) is 70.9. The first-order valence-electron chi connectivity index (χ1n) is 0.783. The molecule has 0 aliphatic carbocycles. The fourth-order valence-electron chi connectivity index (χ4n) is 0. The van der Waals surface area contributed by atoms with Crippen molar-refractivity contribution in [3.8, 4) is 0 Å². The van der Waals surface area contributed by atoms with Crippen LogP contribution in [-0.4, -0.2) is 14.7 Å². The van der Waals surface area contributed by atoms with Crippen molar-refractivity contribution < 1.29 is 99.8 Å².